The van der Waals surface area contributed by atoms with Crippen LogP contribution in [0.25, 0.3) is 11.1 Å². The number of anilines is 1. The van der Waals surface area contributed by atoms with Gasteiger partial charge in [0.15, 0.2) is 0 Å². The third-order valence-corrected chi connectivity index (χ3v) is 3.98. The zero-order valence-corrected chi connectivity index (χ0v) is 12.9. The normalized spacial score (nSPS) is 11.9. The van der Waals surface area contributed by atoms with E-state index in [1.165, 1.54) is 0 Å². The molecular formula is C18H21N3. The molecule has 2 N–H and O–H groups in total. The summed E-state index contributed by atoms with van der Waals surface area (Å²) in [5.41, 5.74) is 10.5. The van der Waals surface area contributed by atoms with Gasteiger partial charge in [-0.15, -0.1) is 0 Å². The molecule has 0 bridgehead atoms. The van der Waals surface area contributed by atoms with Crippen LogP contribution in [0.3, 0.4) is 0 Å². The predicted octanol–water partition coefficient (Wildman–Crippen LogP) is 4.10. The summed E-state index contributed by atoms with van der Waals surface area (Å²) in [5, 5.41) is 9.43. The highest BCUT2D eigenvalue weighted by atomic mass is 14.9. The topological polar surface area (TPSA) is 62.7 Å². The lowest BCUT2D eigenvalue weighted by Gasteiger charge is -2.16. The van der Waals surface area contributed by atoms with Crippen molar-refractivity contribution in [3.8, 4) is 17.2 Å². The van der Waals surface area contributed by atoms with Crippen LogP contribution in [0.15, 0.2) is 30.3 Å². The zero-order chi connectivity index (χ0) is 15.4. The number of nitrogens with zero attached hydrogens (tertiary/aromatic N) is 2. The molecule has 0 radical (unpaired) electrons. The number of hydrogen-bond donors (Lipinski definition) is 1. The number of rotatable bonds is 4. The molecule has 0 aliphatic rings. The fourth-order valence-electron chi connectivity index (χ4n) is 2.50. The summed E-state index contributed by atoms with van der Waals surface area (Å²) in [6.45, 7) is 6.41. The van der Waals surface area contributed by atoms with Crippen LogP contribution in [0.2, 0.25) is 0 Å². The maximum atomic E-state index is 9.43. The van der Waals surface area contributed by atoms with E-state index in [4.69, 9.17) is 5.73 Å². The molecule has 3 heteroatoms. The first kappa shape index (κ1) is 15.1. The number of pyridine rings is 1. The molecule has 0 amide bonds. The Hall–Kier alpha value is -2.34. The molecule has 0 unspecified atom stereocenters. The lowest BCUT2D eigenvalue weighted by Crippen LogP contribution is -2.08. The average Bonchev–Trinajstić information content (AvgIpc) is 2.50. The van der Waals surface area contributed by atoms with Crippen molar-refractivity contribution in [2.24, 2.45) is 5.92 Å². The summed E-state index contributed by atoms with van der Waals surface area (Å²) in [4.78, 5) is 4.47. The number of aromatic nitrogens is 1. The van der Waals surface area contributed by atoms with Gasteiger partial charge in [-0.1, -0.05) is 50.6 Å². The molecule has 108 valence electrons. The van der Waals surface area contributed by atoms with Crippen LogP contribution in [-0.4, -0.2) is 4.98 Å². The second-order valence-electron chi connectivity index (χ2n) is 5.51. The number of nitrogen functional groups attached to an aromatic ring is 1. The Kier molecular flexibility index (Phi) is 4.59. The van der Waals surface area contributed by atoms with Crippen molar-refractivity contribution in [2.45, 2.75) is 33.6 Å². The van der Waals surface area contributed by atoms with Gasteiger partial charge >= 0.3 is 0 Å². The van der Waals surface area contributed by atoms with Gasteiger partial charge in [-0.05, 0) is 30.4 Å². The third-order valence-electron chi connectivity index (χ3n) is 3.98. The average molecular weight is 279 g/mol. The Bertz CT molecular complexity index is 669. The van der Waals surface area contributed by atoms with Crippen molar-refractivity contribution in [3.05, 3.63) is 47.2 Å². The summed E-state index contributed by atoms with van der Waals surface area (Å²) >= 11 is 0. The zero-order valence-electron chi connectivity index (χ0n) is 12.9. The largest absolute Gasteiger partial charge is 0.383 e. The highest BCUT2D eigenvalue weighted by Gasteiger charge is 2.17. The lowest BCUT2D eigenvalue weighted by molar-refractivity contribution is 0.551. The molecule has 1 aromatic carbocycles. The van der Waals surface area contributed by atoms with Crippen molar-refractivity contribution in [2.75, 3.05) is 5.73 Å². The van der Waals surface area contributed by atoms with Gasteiger partial charge in [0.1, 0.15) is 17.5 Å². The van der Waals surface area contributed by atoms with Crippen molar-refractivity contribution < 1.29 is 0 Å². The third kappa shape index (κ3) is 3.05. The minimum Gasteiger partial charge on any atom is -0.383 e. The molecule has 0 aliphatic carbocycles. The van der Waals surface area contributed by atoms with E-state index < -0.39 is 0 Å². The van der Waals surface area contributed by atoms with Gasteiger partial charge in [0.2, 0.25) is 0 Å². The summed E-state index contributed by atoms with van der Waals surface area (Å²) in [6.07, 6.45) is 1.99. The Morgan fingerprint density at radius 3 is 2.52 bits per heavy atom. The van der Waals surface area contributed by atoms with Gasteiger partial charge in [-0.3, -0.25) is 0 Å². The van der Waals surface area contributed by atoms with E-state index in [-0.39, 0.29) is 0 Å². The highest BCUT2D eigenvalue weighted by Crippen LogP contribution is 2.32. The standard InChI is InChI=1S/C18H21N3/c1-4-12(2)10-16-13(3)17(14-8-6-5-7-9-14)15(11-19)18(20)21-16/h5-9,12H,4,10H2,1-3H3,(H2,20,21)/t12-/m0/s1. The van der Waals surface area contributed by atoms with Crippen LogP contribution >= 0.6 is 0 Å². The van der Waals surface area contributed by atoms with Crippen LogP contribution in [0.5, 0.6) is 0 Å². The molecule has 1 aromatic heterocycles. The van der Waals surface area contributed by atoms with Gasteiger partial charge < -0.3 is 5.73 Å². The molecule has 0 fully saturated rings. The second-order valence-corrected chi connectivity index (χ2v) is 5.51. The van der Waals surface area contributed by atoms with Gasteiger partial charge in [-0.2, -0.15) is 5.26 Å². The fraction of sp³-hybridized carbons (Fsp3) is 0.333. The maximum absolute atomic E-state index is 9.43. The van der Waals surface area contributed by atoms with E-state index in [1.54, 1.807) is 0 Å². The van der Waals surface area contributed by atoms with E-state index in [2.05, 4.69) is 24.9 Å². The SMILES string of the molecule is CC[C@H](C)Cc1nc(N)c(C#N)c(-c2ccccc2)c1C. The van der Waals surface area contributed by atoms with Crippen molar-refractivity contribution in [3.63, 3.8) is 0 Å². The molecular weight excluding hydrogens is 258 g/mol. The quantitative estimate of drug-likeness (QED) is 0.916. The Morgan fingerprint density at radius 1 is 1.29 bits per heavy atom. The number of hydrogen-bond acceptors (Lipinski definition) is 3. The monoisotopic (exact) mass is 279 g/mol. The lowest BCUT2D eigenvalue weighted by atomic mass is 9.91. The highest BCUT2D eigenvalue weighted by molar-refractivity contribution is 5.78. The minimum atomic E-state index is 0.334. The molecule has 1 heterocycles. The smallest absolute Gasteiger partial charge is 0.142 e. The molecule has 2 aromatic rings. The van der Waals surface area contributed by atoms with Crippen LogP contribution in [-0.2, 0) is 6.42 Å². The molecule has 0 spiro atoms. The number of nitriles is 1. The summed E-state index contributed by atoms with van der Waals surface area (Å²) < 4.78 is 0. The van der Waals surface area contributed by atoms with Crippen molar-refractivity contribution in [1.82, 2.24) is 4.98 Å². The molecule has 1 atom stereocenters. The van der Waals surface area contributed by atoms with Crippen molar-refractivity contribution in [1.29, 1.82) is 5.26 Å². The van der Waals surface area contributed by atoms with Gasteiger partial charge in [0.25, 0.3) is 0 Å². The van der Waals surface area contributed by atoms with Crippen LogP contribution < -0.4 is 5.73 Å². The first-order chi connectivity index (χ1) is 10.1. The number of nitrogens with two attached hydrogens (primary N) is 1. The second kappa shape index (κ2) is 6.41. The van der Waals surface area contributed by atoms with Gasteiger partial charge in [0, 0.05) is 11.3 Å². The Balaban J connectivity index is 2.64. The Morgan fingerprint density at radius 2 is 1.95 bits per heavy atom. The fourth-order valence-corrected chi connectivity index (χ4v) is 2.50. The molecule has 21 heavy (non-hydrogen) atoms. The molecule has 0 saturated carbocycles. The first-order valence-corrected chi connectivity index (χ1v) is 7.32. The van der Waals surface area contributed by atoms with Crippen molar-refractivity contribution >= 4 is 5.82 Å². The molecule has 3 nitrogen and oxygen atoms in total. The molecule has 0 saturated heterocycles. The maximum Gasteiger partial charge on any atom is 0.142 e. The number of benzene rings is 1. The van der Waals surface area contributed by atoms with E-state index in [0.29, 0.717) is 17.3 Å². The van der Waals surface area contributed by atoms with Gasteiger partial charge in [0.05, 0.1) is 0 Å². The minimum absolute atomic E-state index is 0.334. The van der Waals surface area contributed by atoms with Crippen LogP contribution in [0, 0.1) is 24.2 Å². The Labute approximate surface area is 126 Å². The summed E-state index contributed by atoms with van der Waals surface area (Å²) in [5.74, 6) is 0.882. The van der Waals surface area contributed by atoms with E-state index in [0.717, 1.165) is 35.2 Å². The first-order valence-electron chi connectivity index (χ1n) is 7.32. The summed E-state index contributed by atoms with van der Waals surface area (Å²) in [7, 11) is 0. The molecule has 0 aliphatic heterocycles. The predicted molar refractivity (Wildman–Crippen MR) is 86.7 cm³/mol. The van der Waals surface area contributed by atoms with E-state index in [1.807, 2.05) is 37.3 Å². The van der Waals surface area contributed by atoms with E-state index in [9.17, 15) is 5.26 Å². The molecule has 2 rings (SSSR count). The van der Waals surface area contributed by atoms with E-state index >= 15 is 0 Å². The van der Waals surface area contributed by atoms with Crippen LogP contribution in [0.1, 0.15) is 37.1 Å². The van der Waals surface area contributed by atoms with Gasteiger partial charge in [-0.25, -0.2) is 4.98 Å². The summed E-state index contributed by atoms with van der Waals surface area (Å²) in [6, 6.07) is 12.1. The van der Waals surface area contributed by atoms with Crippen LogP contribution in [0.4, 0.5) is 5.82 Å².